The number of hydrogen-bond donors (Lipinski definition) is 2. The lowest BCUT2D eigenvalue weighted by Gasteiger charge is -2.09. The molecular formula is C4H12N2OS2. The van der Waals surface area contributed by atoms with Gasteiger partial charge in [0.05, 0.1) is 0 Å². The van der Waals surface area contributed by atoms with Gasteiger partial charge in [-0.1, -0.05) is 21.6 Å². The van der Waals surface area contributed by atoms with Crippen molar-refractivity contribution in [3.05, 3.63) is 0 Å². The molecule has 0 amide bonds. The van der Waals surface area contributed by atoms with Gasteiger partial charge in [-0.3, -0.25) is 5.84 Å². The van der Waals surface area contributed by atoms with Crippen LogP contribution in [0, 0.1) is 0 Å². The highest BCUT2D eigenvalue weighted by Gasteiger charge is 1.94. The SMILES string of the molecule is CSSCOC(C)NN. The quantitative estimate of drug-likeness (QED) is 0.209. The van der Waals surface area contributed by atoms with E-state index in [9.17, 15) is 0 Å². The Morgan fingerprint density at radius 3 is 2.89 bits per heavy atom. The highest BCUT2D eigenvalue weighted by Crippen LogP contribution is 2.16. The van der Waals surface area contributed by atoms with E-state index in [2.05, 4.69) is 5.43 Å². The fraction of sp³-hybridized carbons (Fsp3) is 1.00. The molecule has 0 aromatic carbocycles. The zero-order chi connectivity index (χ0) is 7.11. The number of hydrogen-bond acceptors (Lipinski definition) is 5. The van der Waals surface area contributed by atoms with Crippen LogP contribution in [0.25, 0.3) is 0 Å². The molecule has 0 saturated carbocycles. The van der Waals surface area contributed by atoms with Crippen LogP contribution in [0.15, 0.2) is 0 Å². The lowest BCUT2D eigenvalue weighted by atomic mass is 10.7. The first-order valence-electron chi connectivity index (χ1n) is 2.54. The summed E-state index contributed by atoms with van der Waals surface area (Å²) in [7, 11) is 3.33. The Morgan fingerprint density at radius 1 is 1.78 bits per heavy atom. The van der Waals surface area contributed by atoms with Crippen LogP contribution >= 0.6 is 21.6 Å². The van der Waals surface area contributed by atoms with E-state index in [0.717, 1.165) is 0 Å². The maximum atomic E-state index is 5.14. The smallest absolute Gasteiger partial charge is 0.118 e. The predicted octanol–water partition coefficient (Wildman–Crippen LogP) is 0.781. The van der Waals surface area contributed by atoms with E-state index >= 15 is 0 Å². The minimum absolute atomic E-state index is 0.0513. The number of hydrazine groups is 1. The van der Waals surface area contributed by atoms with Crippen LogP contribution in [0.4, 0.5) is 0 Å². The van der Waals surface area contributed by atoms with Crippen molar-refractivity contribution < 1.29 is 4.74 Å². The van der Waals surface area contributed by atoms with Gasteiger partial charge >= 0.3 is 0 Å². The van der Waals surface area contributed by atoms with Gasteiger partial charge in [-0.2, -0.15) is 0 Å². The molecule has 0 aliphatic heterocycles. The third-order valence-electron chi connectivity index (χ3n) is 0.719. The molecule has 0 bridgehead atoms. The number of ether oxygens (including phenoxy) is 1. The van der Waals surface area contributed by atoms with Crippen LogP contribution in [0.5, 0.6) is 0 Å². The second kappa shape index (κ2) is 6.70. The van der Waals surface area contributed by atoms with Gasteiger partial charge in [0.15, 0.2) is 0 Å². The second-order valence-electron chi connectivity index (χ2n) is 1.38. The first-order chi connectivity index (χ1) is 4.31. The standard InChI is InChI=1S/C4H12N2OS2/c1-4(6-5)7-3-9-8-2/h4,6H,3,5H2,1-2H3. The van der Waals surface area contributed by atoms with Crippen LogP contribution in [-0.2, 0) is 4.74 Å². The molecule has 0 aliphatic carbocycles. The first-order valence-corrected chi connectivity index (χ1v) is 5.27. The molecular weight excluding hydrogens is 156 g/mol. The minimum atomic E-state index is -0.0513. The average molecular weight is 168 g/mol. The fourth-order valence-corrected chi connectivity index (χ4v) is 1.04. The van der Waals surface area contributed by atoms with Crippen molar-refractivity contribution in [3.63, 3.8) is 0 Å². The molecule has 0 spiro atoms. The van der Waals surface area contributed by atoms with Gasteiger partial charge in [-0.05, 0) is 13.2 Å². The van der Waals surface area contributed by atoms with Crippen molar-refractivity contribution in [3.8, 4) is 0 Å². The van der Waals surface area contributed by atoms with Crippen molar-refractivity contribution in [2.24, 2.45) is 5.84 Å². The van der Waals surface area contributed by atoms with Crippen LogP contribution in [-0.4, -0.2) is 18.4 Å². The van der Waals surface area contributed by atoms with Gasteiger partial charge in [0.1, 0.15) is 12.2 Å². The number of nitrogens with two attached hydrogens (primary N) is 1. The predicted molar refractivity (Wildman–Crippen MR) is 43.8 cm³/mol. The van der Waals surface area contributed by atoms with Crippen molar-refractivity contribution in [2.45, 2.75) is 13.2 Å². The van der Waals surface area contributed by atoms with E-state index < -0.39 is 0 Å². The van der Waals surface area contributed by atoms with Crippen LogP contribution < -0.4 is 11.3 Å². The Kier molecular flexibility index (Phi) is 7.13. The lowest BCUT2D eigenvalue weighted by molar-refractivity contribution is 0.0786. The summed E-state index contributed by atoms with van der Waals surface area (Å²) in [6.07, 6.45) is 1.96. The van der Waals surface area contributed by atoms with E-state index in [-0.39, 0.29) is 6.23 Å². The summed E-state index contributed by atoms with van der Waals surface area (Å²) in [5, 5.41) is 0. The fourth-order valence-electron chi connectivity index (χ4n) is 0.226. The van der Waals surface area contributed by atoms with Crippen LogP contribution in [0.1, 0.15) is 6.92 Å². The molecule has 0 saturated heterocycles. The summed E-state index contributed by atoms with van der Waals surface area (Å²) in [6, 6.07) is 0. The third kappa shape index (κ3) is 6.47. The molecule has 0 radical (unpaired) electrons. The molecule has 3 N–H and O–H groups in total. The monoisotopic (exact) mass is 168 g/mol. The molecule has 0 heterocycles. The molecule has 56 valence electrons. The van der Waals surface area contributed by atoms with Crippen LogP contribution in [0.3, 0.4) is 0 Å². The van der Waals surface area contributed by atoms with E-state index in [1.165, 1.54) is 0 Å². The summed E-state index contributed by atoms with van der Waals surface area (Å²) in [5.41, 5.74) is 2.48. The Bertz CT molecular complexity index is 64.5. The van der Waals surface area contributed by atoms with Gasteiger partial charge in [-0.15, -0.1) is 0 Å². The molecule has 5 heteroatoms. The molecule has 0 aliphatic rings. The van der Waals surface area contributed by atoms with Crippen molar-refractivity contribution in [1.29, 1.82) is 0 Å². The summed E-state index contributed by atoms with van der Waals surface area (Å²) < 4.78 is 5.14. The summed E-state index contributed by atoms with van der Waals surface area (Å²) in [5.74, 6) is 5.74. The van der Waals surface area contributed by atoms with Gasteiger partial charge in [0.2, 0.25) is 0 Å². The summed E-state index contributed by atoms with van der Waals surface area (Å²) >= 11 is 0. The van der Waals surface area contributed by atoms with Crippen molar-refractivity contribution in [2.75, 3.05) is 12.2 Å². The normalized spacial score (nSPS) is 13.7. The maximum absolute atomic E-state index is 5.14. The Hall–Kier alpha value is 0.580. The second-order valence-corrected chi connectivity index (χ2v) is 3.89. The number of rotatable bonds is 5. The van der Waals surface area contributed by atoms with Gasteiger partial charge in [0.25, 0.3) is 0 Å². The first kappa shape index (κ1) is 9.58. The minimum Gasteiger partial charge on any atom is -0.351 e. The van der Waals surface area contributed by atoms with Gasteiger partial charge in [0, 0.05) is 0 Å². The topological polar surface area (TPSA) is 47.3 Å². The molecule has 9 heavy (non-hydrogen) atoms. The van der Waals surface area contributed by atoms with E-state index in [1.807, 2.05) is 13.2 Å². The molecule has 3 nitrogen and oxygen atoms in total. The molecule has 0 rings (SSSR count). The van der Waals surface area contributed by atoms with Crippen molar-refractivity contribution in [1.82, 2.24) is 5.43 Å². The summed E-state index contributed by atoms with van der Waals surface area (Å²) in [4.78, 5) is 0. The molecule has 1 unspecified atom stereocenters. The average Bonchev–Trinajstić information content (AvgIpc) is 1.89. The van der Waals surface area contributed by atoms with E-state index in [0.29, 0.717) is 5.94 Å². The molecule has 0 aromatic rings. The van der Waals surface area contributed by atoms with E-state index in [1.54, 1.807) is 21.6 Å². The zero-order valence-corrected chi connectivity index (χ0v) is 7.22. The largest absolute Gasteiger partial charge is 0.351 e. The van der Waals surface area contributed by atoms with Crippen molar-refractivity contribution >= 4 is 21.6 Å². The molecule has 0 fully saturated rings. The molecule has 1 atom stereocenters. The Labute approximate surface area is 63.5 Å². The third-order valence-corrected chi connectivity index (χ3v) is 2.18. The summed E-state index contributed by atoms with van der Waals surface area (Å²) in [6.45, 7) is 1.86. The van der Waals surface area contributed by atoms with Crippen LogP contribution in [0.2, 0.25) is 0 Å². The maximum Gasteiger partial charge on any atom is 0.118 e. The van der Waals surface area contributed by atoms with Gasteiger partial charge in [-0.25, -0.2) is 5.43 Å². The van der Waals surface area contributed by atoms with Gasteiger partial charge < -0.3 is 4.74 Å². The lowest BCUT2D eigenvalue weighted by Crippen LogP contribution is -2.34. The Morgan fingerprint density at radius 2 is 2.44 bits per heavy atom. The Balaban J connectivity index is 2.88. The highest BCUT2D eigenvalue weighted by atomic mass is 33.1. The number of nitrogens with one attached hydrogen (secondary N) is 1. The highest BCUT2D eigenvalue weighted by molar-refractivity contribution is 8.76. The molecule has 0 aromatic heterocycles. The van der Waals surface area contributed by atoms with E-state index in [4.69, 9.17) is 10.6 Å². The zero-order valence-electron chi connectivity index (χ0n) is 5.59.